The van der Waals surface area contributed by atoms with E-state index >= 15 is 0 Å². The molecule has 0 radical (unpaired) electrons. The lowest BCUT2D eigenvalue weighted by molar-refractivity contribution is -0.136. The summed E-state index contributed by atoms with van der Waals surface area (Å²) in [6, 6.07) is 16.5. The van der Waals surface area contributed by atoms with Gasteiger partial charge in [-0.1, -0.05) is 52.3 Å². The quantitative estimate of drug-likeness (QED) is 0.656. The van der Waals surface area contributed by atoms with E-state index in [-0.39, 0.29) is 24.2 Å². The number of para-hydroxylation sites is 1. The number of fused-ring (bicyclic) bond motifs is 1. The molecule has 3 atom stereocenters. The Kier molecular flexibility index (Phi) is 5.85. The molecular weight excluding hydrogens is 454 g/mol. The maximum absolute atomic E-state index is 13.7. The van der Waals surface area contributed by atoms with E-state index in [9.17, 15) is 9.59 Å². The van der Waals surface area contributed by atoms with Crippen molar-refractivity contribution in [2.24, 2.45) is 11.8 Å². The van der Waals surface area contributed by atoms with E-state index in [4.69, 9.17) is 0 Å². The van der Waals surface area contributed by atoms with Crippen molar-refractivity contribution in [2.45, 2.75) is 37.6 Å². The maximum Gasteiger partial charge on any atom is 0.230 e. The van der Waals surface area contributed by atoms with Gasteiger partial charge in [0.25, 0.3) is 0 Å². The zero-order valence-electron chi connectivity index (χ0n) is 17.5. The first-order valence-electron chi connectivity index (χ1n) is 11.2. The third kappa shape index (κ3) is 4.41. The predicted molar refractivity (Wildman–Crippen MR) is 125 cm³/mol. The monoisotopic (exact) mass is 481 g/mol. The van der Waals surface area contributed by atoms with Crippen molar-refractivity contribution in [3.8, 4) is 0 Å². The van der Waals surface area contributed by atoms with Crippen LogP contribution in [0.15, 0.2) is 53.0 Å². The Hall–Kier alpha value is -2.18. The molecule has 0 unspecified atom stereocenters. The molecule has 31 heavy (non-hydrogen) atoms. The van der Waals surface area contributed by atoms with Gasteiger partial charge in [0.2, 0.25) is 11.8 Å². The van der Waals surface area contributed by atoms with Crippen molar-refractivity contribution >= 4 is 33.4 Å². The standard InChI is InChI=1S/C25H28BrN3O2/c26-22-7-3-1-5-16(22)11-17-13-27-14-18(17)15-29(19-9-10-19)25(31)21-12-24(30)28-23-8-4-2-6-20(21)23/h1-8,17-19,21,27H,9-15H2,(H,28,30)/t17-,18+,21-/m1/s1. The second-order valence-electron chi connectivity index (χ2n) is 9.09. The van der Waals surface area contributed by atoms with Gasteiger partial charge in [-0.2, -0.15) is 0 Å². The van der Waals surface area contributed by atoms with Gasteiger partial charge in [0, 0.05) is 29.2 Å². The third-order valence-electron chi connectivity index (χ3n) is 6.92. The highest BCUT2D eigenvalue weighted by molar-refractivity contribution is 9.10. The summed E-state index contributed by atoms with van der Waals surface area (Å²) in [6.45, 7) is 2.69. The Balaban J connectivity index is 1.34. The van der Waals surface area contributed by atoms with Crippen LogP contribution in [-0.2, 0) is 16.0 Å². The number of amides is 2. The molecule has 2 aromatic carbocycles. The van der Waals surface area contributed by atoms with Crippen molar-refractivity contribution < 1.29 is 9.59 Å². The van der Waals surface area contributed by atoms with Gasteiger partial charge < -0.3 is 15.5 Å². The number of hydrogen-bond donors (Lipinski definition) is 2. The lowest BCUT2D eigenvalue weighted by atomic mass is 9.87. The van der Waals surface area contributed by atoms with Crippen molar-refractivity contribution in [2.75, 3.05) is 25.0 Å². The number of halogens is 1. The number of nitrogens with one attached hydrogen (secondary N) is 2. The lowest BCUT2D eigenvalue weighted by Crippen LogP contribution is -2.43. The maximum atomic E-state index is 13.7. The van der Waals surface area contributed by atoms with E-state index < -0.39 is 0 Å². The summed E-state index contributed by atoms with van der Waals surface area (Å²) in [5, 5.41) is 6.47. The zero-order chi connectivity index (χ0) is 21.4. The molecule has 3 aliphatic rings. The SMILES string of the molecule is O=C1C[C@@H](C(=O)N(C[C@@H]2CNC[C@H]2Cc2ccccc2Br)C2CC2)c2ccccc2N1. The van der Waals surface area contributed by atoms with E-state index in [1.54, 1.807) is 0 Å². The molecule has 5 nitrogen and oxygen atoms in total. The summed E-state index contributed by atoms with van der Waals surface area (Å²) in [5.41, 5.74) is 3.05. The van der Waals surface area contributed by atoms with Gasteiger partial charge in [-0.3, -0.25) is 9.59 Å². The molecule has 2 heterocycles. The van der Waals surface area contributed by atoms with Gasteiger partial charge in [0.15, 0.2) is 0 Å². The van der Waals surface area contributed by atoms with Gasteiger partial charge in [0.05, 0.1) is 5.92 Å². The molecule has 0 bridgehead atoms. The Morgan fingerprint density at radius 1 is 1.03 bits per heavy atom. The van der Waals surface area contributed by atoms with Crippen LogP contribution in [0.2, 0.25) is 0 Å². The molecular formula is C25H28BrN3O2. The Bertz CT molecular complexity index is 990. The molecule has 1 aliphatic carbocycles. The van der Waals surface area contributed by atoms with Crippen LogP contribution >= 0.6 is 15.9 Å². The molecule has 2 aromatic rings. The number of rotatable bonds is 6. The summed E-state index contributed by atoms with van der Waals surface area (Å²) in [7, 11) is 0. The number of anilines is 1. The van der Waals surface area contributed by atoms with E-state index in [1.165, 1.54) is 5.56 Å². The van der Waals surface area contributed by atoms with Crippen LogP contribution in [0.3, 0.4) is 0 Å². The van der Waals surface area contributed by atoms with Crippen LogP contribution < -0.4 is 10.6 Å². The van der Waals surface area contributed by atoms with Gasteiger partial charge >= 0.3 is 0 Å². The lowest BCUT2D eigenvalue weighted by Gasteiger charge is -2.33. The van der Waals surface area contributed by atoms with Crippen molar-refractivity contribution in [1.29, 1.82) is 0 Å². The molecule has 162 valence electrons. The third-order valence-corrected chi connectivity index (χ3v) is 7.69. The Labute approximate surface area is 191 Å². The Morgan fingerprint density at radius 2 is 1.77 bits per heavy atom. The first-order valence-corrected chi connectivity index (χ1v) is 12.0. The highest BCUT2D eigenvalue weighted by atomic mass is 79.9. The highest BCUT2D eigenvalue weighted by Crippen LogP contribution is 2.38. The zero-order valence-corrected chi connectivity index (χ0v) is 19.1. The van der Waals surface area contributed by atoms with Crippen LogP contribution in [0, 0.1) is 11.8 Å². The van der Waals surface area contributed by atoms with Crippen molar-refractivity contribution in [3.05, 3.63) is 64.1 Å². The molecule has 5 rings (SSSR count). The van der Waals surface area contributed by atoms with Crippen LogP contribution in [0.1, 0.15) is 36.3 Å². The Morgan fingerprint density at radius 3 is 2.58 bits per heavy atom. The summed E-state index contributed by atoms with van der Waals surface area (Å²) in [4.78, 5) is 28.1. The minimum atomic E-state index is -0.373. The predicted octanol–water partition coefficient (Wildman–Crippen LogP) is 3.94. The number of benzene rings is 2. The second kappa shape index (κ2) is 8.75. The molecule has 2 fully saturated rings. The number of hydrogen-bond acceptors (Lipinski definition) is 3. The smallest absolute Gasteiger partial charge is 0.230 e. The fourth-order valence-electron chi connectivity index (χ4n) is 5.08. The average Bonchev–Trinajstić information content (AvgIpc) is 3.52. The minimum Gasteiger partial charge on any atom is -0.339 e. The van der Waals surface area contributed by atoms with Crippen molar-refractivity contribution in [1.82, 2.24) is 10.2 Å². The van der Waals surface area contributed by atoms with E-state index in [0.29, 0.717) is 17.9 Å². The fourth-order valence-corrected chi connectivity index (χ4v) is 5.52. The fraction of sp³-hybridized carbons (Fsp3) is 0.440. The van der Waals surface area contributed by atoms with Crippen LogP contribution in [0.4, 0.5) is 5.69 Å². The van der Waals surface area contributed by atoms with E-state index in [1.807, 2.05) is 30.3 Å². The molecule has 0 aromatic heterocycles. The summed E-state index contributed by atoms with van der Waals surface area (Å²) < 4.78 is 1.15. The summed E-state index contributed by atoms with van der Waals surface area (Å²) >= 11 is 3.68. The van der Waals surface area contributed by atoms with Gasteiger partial charge in [-0.05, 0) is 67.4 Å². The molecule has 2 amide bonds. The normalized spacial score (nSPS) is 25.1. The molecule has 0 spiro atoms. The molecule has 1 saturated carbocycles. The second-order valence-corrected chi connectivity index (χ2v) is 9.94. The van der Waals surface area contributed by atoms with Gasteiger partial charge in [0.1, 0.15) is 0 Å². The van der Waals surface area contributed by atoms with Crippen LogP contribution in [0.5, 0.6) is 0 Å². The minimum absolute atomic E-state index is 0.0675. The first-order chi connectivity index (χ1) is 15.1. The number of carbonyl (C=O) groups excluding carboxylic acids is 2. The van der Waals surface area contributed by atoms with E-state index in [2.05, 4.69) is 49.7 Å². The summed E-state index contributed by atoms with van der Waals surface area (Å²) in [6.07, 6.45) is 3.38. The first kappa shape index (κ1) is 20.7. The molecule has 6 heteroatoms. The summed E-state index contributed by atoms with van der Waals surface area (Å²) in [5.74, 6) is 0.596. The number of nitrogens with zero attached hydrogens (tertiary/aromatic N) is 1. The van der Waals surface area contributed by atoms with Crippen LogP contribution in [0.25, 0.3) is 0 Å². The molecule has 2 N–H and O–H groups in total. The largest absolute Gasteiger partial charge is 0.339 e. The van der Waals surface area contributed by atoms with Crippen LogP contribution in [-0.4, -0.2) is 42.4 Å². The number of carbonyl (C=O) groups is 2. The van der Waals surface area contributed by atoms with Gasteiger partial charge in [-0.15, -0.1) is 0 Å². The molecule has 1 saturated heterocycles. The van der Waals surface area contributed by atoms with Gasteiger partial charge in [-0.25, -0.2) is 0 Å². The van der Waals surface area contributed by atoms with Crippen molar-refractivity contribution in [3.63, 3.8) is 0 Å². The van der Waals surface area contributed by atoms with E-state index in [0.717, 1.165) is 54.6 Å². The average molecular weight is 482 g/mol. The topological polar surface area (TPSA) is 61.4 Å². The molecule has 2 aliphatic heterocycles. The highest BCUT2D eigenvalue weighted by Gasteiger charge is 2.41.